The van der Waals surface area contributed by atoms with E-state index in [9.17, 15) is 8.42 Å². The highest BCUT2D eigenvalue weighted by molar-refractivity contribution is 7.89. The summed E-state index contributed by atoms with van der Waals surface area (Å²) >= 11 is 0. The summed E-state index contributed by atoms with van der Waals surface area (Å²) < 4.78 is 22.3. The maximum Gasteiger partial charge on any atom is 0.238 e. The average Bonchev–Trinajstić information content (AvgIpc) is 2.40. The van der Waals surface area contributed by atoms with Crippen molar-refractivity contribution < 1.29 is 8.42 Å². The number of hydrogen-bond acceptors (Lipinski definition) is 3. The highest BCUT2D eigenvalue weighted by atomic mass is 32.2. The summed E-state index contributed by atoms with van der Waals surface area (Å²) in [5.74, 6) is 0. The van der Waals surface area contributed by atoms with Gasteiger partial charge in [0.2, 0.25) is 10.0 Å². The lowest BCUT2D eigenvalue weighted by atomic mass is 10.1. The Balaban J connectivity index is 1.94. The van der Waals surface area contributed by atoms with Crippen LogP contribution in [0, 0.1) is 6.92 Å². The van der Waals surface area contributed by atoms with E-state index in [0.29, 0.717) is 6.54 Å². The Morgan fingerprint density at radius 3 is 2.25 bits per heavy atom. The van der Waals surface area contributed by atoms with Crippen LogP contribution in [0.5, 0.6) is 0 Å². The molecule has 0 saturated carbocycles. The number of rotatable bonds is 5. The normalized spacial score (nSPS) is 11.5. The second-order valence-electron chi connectivity index (χ2n) is 4.72. The summed E-state index contributed by atoms with van der Waals surface area (Å²) in [7, 11) is -3.61. The Kier molecular flexibility index (Phi) is 4.54. The number of benzene rings is 2. The van der Waals surface area contributed by atoms with E-state index in [2.05, 4.69) is 24.4 Å². The van der Waals surface area contributed by atoms with Crippen molar-refractivity contribution in [1.82, 2.24) is 5.32 Å². The third kappa shape index (κ3) is 3.90. The number of nitrogens with one attached hydrogen (secondary N) is 1. The van der Waals surface area contributed by atoms with Crippen LogP contribution >= 0.6 is 0 Å². The van der Waals surface area contributed by atoms with Crippen molar-refractivity contribution >= 4 is 10.0 Å². The van der Waals surface area contributed by atoms with Crippen LogP contribution in [0.4, 0.5) is 0 Å². The molecule has 0 bridgehead atoms. The van der Waals surface area contributed by atoms with Crippen molar-refractivity contribution in [2.75, 3.05) is 0 Å². The molecule has 20 heavy (non-hydrogen) atoms. The minimum absolute atomic E-state index is 0.139. The molecule has 5 heteroatoms. The Morgan fingerprint density at radius 2 is 1.65 bits per heavy atom. The van der Waals surface area contributed by atoms with E-state index in [4.69, 9.17) is 5.14 Å². The van der Waals surface area contributed by atoms with Crippen LogP contribution in [-0.4, -0.2) is 8.42 Å². The van der Waals surface area contributed by atoms with Crippen LogP contribution in [0.2, 0.25) is 0 Å². The summed E-state index contributed by atoms with van der Waals surface area (Å²) in [5, 5.41) is 8.39. The maximum atomic E-state index is 11.1. The molecule has 0 radical (unpaired) electrons. The second-order valence-corrected chi connectivity index (χ2v) is 6.28. The fourth-order valence-corrected chi connectivity index (χ4v) is 2.46. The molecule has 0 aliphatic heterocycles. The van der Waals surface area contributed by atoms with Crippen molar-refractivity contribution in [2.24, 2.45) is 5.14 Å². The summed E-state index contributed by atoms with van der Waals surface area (Å²) in [6, 6.07) is 14.8. The number of hydrogen-bond donors (Lipinski definition) is 2. The first-order chi connectivity index (χ1) is 9.47. The van der Waals surface area contributed by atoms with E-state index in [1.165, 1.54) is 23.3 Å². The van der Waals surface area contributed by atoms with Crippen LogP contribution in [0.25, 0.3) is 0 Å². The Labute approximate surface area is 119 Å². The maximum absolute atomic E-state index is 11.1. The van der Waals surface area contributed by atoms with Crippen molar-refractivity contribution in [3.63, 3.8) is 0 Å². The first-order valence-corrected chi connectivity index (χ1v) is 7.88. The van der Waals surface area contributed by atoms with Crippen molar-refractivity contribution in [2.45, 2.75) is 24.9 Å². The lowest BCUT2D eigenvalue weighted by molar-refractivity contribution is 0.597. The molecule has 106 valence electrons. The van der Waals surface area contributed by atoms with Gasteiger partial charge in [0.15, 0.2) is 0 Å². The van der Waals surface area contributed by atoms with E-state index in [-0.39, 0.29) is 4.90 Å². The van der Waals surface area contributed by atoms with E-state index in [1.807, 2.05) is 12.1 Å². The number of nitrogens with two attached hydrogens (primary N) is 1. The number of primary sulfonamides is 1. The molecule has 2 aromatic carbocycles. The van der Waals surface area contributed by atoms with Gasteiger partial charge < -0.3 is 5.32 Å². The molecule has 0 unspecified atom stereocenters. The molecule has 0 aliphatic rings. The molecule has 0 aliphatic carbocycles. The Hall–Kier alpha value is -1.69. The molecule has 3 N–H and O–H groups in total. The van der Waals surface area contributed by atoms with Gasteiger partial charge in [-0.3, -0.25) is 0 Å². The summed E-state index contributed by atoms with van der Waals surface area (Å²) in [5.41, 5.74) is 3.53. The van der Waals surface area contributed by atoms with Crippen LogP contribution < -0.4 is 10.5 Å². The van der Waals surface area contributed by atoms with Crippen LogP contribution in [-0.2, 0) is 23.1 Å². The minimum atomic E-state index is -3.61. The van der Waals surface area contributed by atoms with Gasteiger partial charge in [-0.25, -0.2) is 13.6 Å². The largest absolute Gasteiger partial charge is 0.309 e. The number of aryl methyl sites for hydroxylation is 1. The molecular formula is C15H18N2O2S. The van der Waals surface area contributed by atoms with Gasteiger partial charge in [-0.2, -0.15) is 0 Å². The van der Waals surface area contributed by atoms with Crippen LogP contribution in [0.3, 0.4) is 0 Å². The smallest absolute Gasteiger partial charge is 0.238 e. The zero-order valence-electron chi connectivity index (χ0n) is 11.3. The van der Waals surface area contributed by atoms with Gasteiger partial charge in [-0.1, -0.05) is 36.4 Å². The van der Waals surface area contributed by atoms with E-state index in [1.54, 1.807) is 12.1 Å². The standard InChI is InChI=1S/C15H18N2O2S/c1-12-4-2-3-5-14(12)11-17-10-13-6-8-15(9-7-13)20(16,18)19/h2-9,17H,10-11H2,1H3,(H2,16,18,19). The molecule has 0 fully saturated rings. The molecule has 0 heterocycles. The highest BCUT2D eigenvalue weighted by Crippen LogP contribution is 2.10. The third-order valence-electron chi connectivity index (χ3n) is 3.16. The summed E-state index contributed by atoms with van der Waals surface area (Å²) in [6.45, 7) is 3.54. The van der Waals surface area contributed by atoms with Gasteiger partial charge >= 0.3 is 0 Å². The third-order valence-corrected chi connectivity index (χ3v) is 4.09. The zero-order chi connectivity index (χ0) is 14.6. The molecule has 2 aromatic rings. The second kappa shape index (κ2) is 6.17. The molecule has 0 spiro atoms. The molecule has 0 amide bonds. The fourth-order valence-electron chi connectivity index (χ4n) is 1.95. The molecule has 0 atom stereocenters. The summed E-state index contributed by atoms with van der Waals surface area (Å²) in [6.07, 6.45) is 0. The molecule has 0 saturated heterocycles. The van der Waals surface area contributed by atoms with E-state index in [0.717, 1.165) is 12.1 Å². The van der Waals surface area contributed by atoms with Crippen molar-refractivity contribution in [1.29, 1.82) is 0 Å². The highest BCUT2D eigenvalue weighted by Gasteiger charge is 2.06. The molecule has 4 nitrogen and oxygen atoms in total. The number of sulfonamides is 1. The summed E-state index contributed by atoms with van der Waals surface area (Å²) in [4.78, 5) is 0.139. The average molecular weight is 290 g/mol. The quantitative estimate of drug-likeness (QED) is 0.884. The van der Waals surface area contributed by atoms with Gasteiger partial charge in [-0.05, 0) is 35.7 Å². The lowest BCUT2D eigenvalue weighted by Gasteiger charge is -2.08. The van der Waals surface area contributed by atoms with Crippen LogP contribution in [0.15, 0.2) is 53.4 Å². The Bertz CT molecular complexity index is 679. The fraction of sp³-hybridized carbons (Fsp3) is 0.200. The molecule has 2 rings (SSSR count). The van der Waals surface area contributed by atoms with Gasteiger partial charge in [0.1, 0.15) is 0 Å². The molecular weight excluding hydrogens is 272 g/mol. The lowest BCUT2D eigenvalue weighted by Crippen LogP contribution is -2.14. The zero-order valence-corrected chi connectivity index (χ0v) is 12.2. The predicted molar refractivity (Wildman–Crippen MR) is 79.5 cm³/mol. The van der Waals surface area contributed by atoms with Crippen LogP contribution in [0.1, 0.15) is 16.7 Å². The monoisotopic (exact) mass is 290 g/mol. The van der Waals surface area contributed by atoms with Gasteiger partial charge in [0.05, 0.1) is 4.90 Å². The van der Waals surface area contributed by atoms with E-state index < -0.39 is 10.0 Å². The first kappa shape index (κ1) is 14.7. The van der Waals surface area contributed by atoms with E-state index >= 15 is 0 Å². The molecule has 0 aromatic heterocycles. The van der Waals surface area contributed by atoms with Gasteiger partial charge in [0, 0.05) is 13.1 Å². The SMILES string of the molecule is Cc1ccccc1CNCc1ccc(S(N)(=O)=O)cc1. The first-order valence-electron chi connectivity index (χ1n) is 6.34. The minimum Gasteiger partial charge on any atom is -0.309 e. The van der Waals surface area contributed by atoms with Gasteiger partial charge in [0.25, 0.3) is 0 Å². The van der Waals surface area contributed by atoms with Gasteiger partial charge in [-0.15, -0.1) is 0 Å². The Morgan fingerprint density at radius 1 is 1.00 bits per heavy atom. The predicted octanol–water partition coefficient (Wildman–Crippen LogP) is 1.93. The topological polar surface area (TPSA) is 72.2 Å². The van der Waals surface area contributed by atoms with Crippen molar-refractivity contribution in [3.05, 3.63) is 65.2 Å². The van der Waals surface area contributed by atoms with Crippen molar-refractivity contribution in [3.8, 4) is 0 Å².